The Hall–Kier alpha value is -14.7. The van der Waals surface area contributed by atoms with E-state index in [1.54, 1.807) is 66.3 Å². The van der Waals surface area contributed by atoms with Crippen molar-refractivity contribution in [1.82, 2.24) is 44.9 Å². The normalized spacial score (nSPS) is 11.0. The Kier molecular flexibility index (Phi) is 36.4. The number of rotatable bonds is 16. The molecular weight excluding hydrogens is 2540 g/mol. The average molecular weight is 2630 g/mol. The summed E-state index contributed by atoms with van der Waals surface area (Å²) in [6, 6.07) is 149. The summed E-state index contributed by atoms with van der Waals surface area (Å²) in [4.78, 5) is 56.3. The fourth-order valence-corrected chi connectivity index (χ4v) is 18.0. The van der Waals surface area contributed by atoms with Crippen molar-refractivity contribution in [3.05, 3.63) is 496 Å². The predicted molar refractivity (Wildman–Crippen MR) is 567 cm³/mol. The van der Waals surface area contributed by atoms with Crippen LogP contribution in [-0.2, 0) is 88.0 Å². The first-order valence-electron chi connectivity index (χ1n) is 45.3. The van der Waals surface area contributed by atoms with Crippen molar-refractivity contribution < 1.29 is 107 Å². The summed E-state index contributed by atoms with van der Waals surface area (Å²) < 4.78 is 18.5. The van der Waals surface area contributed by atoms with Gasteiger partial charge in [-0.05, 0) is 176 Å². The van der Waals surface area contributed by atoms with E-state index in [9.17, 15) is 9.90 Å². The Bertz CT molecular complexity index is 7950. The van der Waals surface area contributed by atoms with Crippen LogP contribution in [0, 0.1) is 56.3 Å². The number of allylic oxidation sites excluding steroid dienone is 1. The number of para-hydroxylation sites is 1. The molecule has 1 atom stereocenters. The number of carbonyl (C=O) groups is 1. The number of hydrogen-bond acceptors (Lipinski definition) is 15. The van der Waals surface area contributed by atoms with Crippen molar-refractivity contribution in [2.24, 2.45) is 0 Å². The van der Waals surface area contributed by atoms with E-state index in [2.05, 4.69) is 202 Å². The number of fused-ring (bicyclic) bond motifs is 9. The SMILES string of the molecule is CC(F)(c1cccc(-c2[c-]c3ccccc3s2)n1)c1cccc(-c2[c-]c3ccccc3s2)n1.CC(O)=CC(C)O.Cc1ccc(-c2cc(C(=O)O)nc(-c3[c-]cccc3)c2)cc1.Cc1cnc2c3[c-]cccc3c3ccccc3c2n1.[Ir].[Ir].[Pt+2].[Pt+2].[c-]1c(-c2ccccn2)cc(-c2ccccc2)cc1-c1nccc2ccccc12.[c-]1c(-c2ccccn2)cccc1N(c1[c-]c(-c2ccccn2)ccc1)c1ccccc1. The second-order valence-corrected chi connectivity index (χ2v) is 35.0. The maximum Gasteiger partial charge on any atom is 2.00 e. The van der Waals surface area contributed by atoms with Gasteiger partial charge in [0.05, 0.1) is 34.5 Å². The van der Waals surface area contributed by atoms with E-state index in [1.807, 2.05) is 275 Å². The molecule has 0 aliphatic heterocycles. The molecule has 0 saturated carbocycles. The number of anilines is 3. The first kappa shape index (κ1) is 105. The molecule has 2 radical (unpaired) electrons. The zero-order chi connectivity index (χ0) is 96.3. The zero-order valence-electron chi connectivity index (χ0n) is 78.1. The van der Waals surface area contributed by atoms with Gasteiger partial charge in [-0.25, -0.2) is 31.9 Å². The number of hydrogen-bond donors (Lipinski definition) is 3. The number of carboxylic acid groups (broad SMARTS) is 1. The number of alkyl halides is 1. The van der Waals surface area contributed by atoms with E-state index in [4.69, 9.17) is 15.2 Å². The van der Waals surface area contributed by atoms with Crippen molar-refractivity contribution in [3.8, 4) is 99.7 Å². The molecule has 0 saturated heterocycles. The van der Waals surface area contributed by atoms with Gasteiger partial charge in [-0.15, -0.1) is 191 Å². The van der Waals surface area contributed by atoms with Crippen LogP contribution in [0.5, 0.6) is 0 Å². The van der Waals surface area contributed by atoms with Gasteiger partial charge in [-0.1, -0.05) is 245 Å². The topological polar surface area (TPSA) is 197 Å². The quantitative estimate of drug-likeness (QED) is 0.0469. The van der Waals surface area contributed by atoms with Crippen LogP contribution < -0.4 is 4.90 Å². The van der Waals surface area contributed by atoms with E-state index in [0.29, 0.717) is 28.5 Å². The molecule has 0 aliphatic carbocycles. The van der Waals surface area contributed by atoms with Gasteiger partial charge in [0, 0.05) is 105 Å². The molecule has 21 heteroatoms. The smallest absolute Gasteiger partial charge is 0.513 e. The largest absolute Gasteiger partial charge is 2.00 e. The van der Waals surface area contributed by atoms with Gasteiger partial charge in [0.15, 0.2) is 5.67 Å². The van der Waals surface area contributed by atoms with Gasteiger partial charge < -0.3 is 35.2 Å². The summed E-state index contributed by atoms with van der Waals surface area (Å²) >= 11 is 3.22. The van der Waals surface area contributed by atoms with Crippen molar-refractivity contribution in [1.29, 1.82) is 0 Å². The Balaban J connectivity index is 0.000000141. The number of thiophene rings is 2. The molecule has 0 aliphatic rings. The molecule has 10 aromatic heterocycles. The minimum absolute atomic E-state index is 0. The fourth-order valence-electron chi connectivity index (χ4n) is 16.1. The van der Waals surface area contributed by atoms with E-state index in [-0.39, 0.29) is 93.8 Å². The van der Waals surface area contributed by atoms with Crippen LogP contribution >= 0.6 is 22.7 Å². The number of pyridine rings is 7. The maximum absolute atomic E-state index is 16.2. The summed E-state index contributed by atoms with van der Waals surface area (Å²) in [5, 5.41) is 35.2. The van der Waals surface area contributed by atoms with Crippen LogP contribution in [0.25, 0.3) is 163 Å². The van der Waals surface area contributed by atoms with Crippen LogP contribution in [0.1, 0.15) is 53.9 Å². The molecule has 0 bridgehead atoms. The molecule has 10 heterocycles. The van der Waals surface area contributed by atoms with E-state index in [0.717, 1.165) is 158 Å². The second kappa shape index (κ2) is 49.8. The Labute approximate surface area is 899 Å². The molecule has 1 unspecified atom stereocenters. The van der Waals surface area contributed by atoms with Gasteiger partial charge in [-0.2, -0.15) is 0 Å². The maximum atomic E-state index is 16.2. The molecule has 0 amide bonds. The summed E-state index contributed by atoms with van der Waals surface area (Å²) in [5.74, 6) is -0.874. The number of aliphatic hydroxyl groups is 2. The Morgan fingerprint density at radius 3 is 1.45 bits per heavy atom. The molecule has 14 nitrogen and oxygen atoms in total. The summed E-state index contributed by atoms with van der Waals surface area (Å²) in [6.07, 6.45) is 9.92. The van der Waals surface area contributed by atoms with E-state index in [1.165, 1.54) is 36.1 Å². The number of aromatic nitrogens is 9. The Morgan fingerprint density at radius 1 is 0.403 bits per heavy atom. The standard InChI is InChI=1S/C28H17FN2S2.C28H19N3.C26H17N2.C19H14NO2.C17H11N2.C5H10O2.2Ir.2Pt/c1-28(29,26-14-6-10-20(30-26)24-16-18-8-2-4-12-22(18)32-24)27-15-7-11-21(31-27)25-17-19-9-3-5-13-23(19)33-25;1-2-12-24(13-3-1)31(25-14-8-10-22(20-25)27-16-4-6-18-29-27)26-15-9-11-23(21-26)28-17-5-7-19-30-28;1-2-8-19(9-3-1)21-16-22(25-12-6-7-14-27-25)18-23(17-21)26-24-11-5-4-10-20(24)13-15-28-26;1-13-7-9-14(10-8-13)16-11-17(15-5-3-2-4-6-15)20-18(12-16)19(21)22;1-11-10-18-16-14-8-4-2-6-12(14)13-7-3-5-9-15(13)17(16)19-11;1-4(6)3-5(2)7;;;;/h2-15H,1H3;1-19H;1-17H;2-5,7-12H,1H3,(H,21,22);2-7,9-10H,1H3;3-4,6-7H,1-2H3;;;;/q2*-2;3*-1;;;;2*+2. The summed E-state index contributed by atoms with van der Waals surface area (Å²) in [7, 11) is 0. The van der Waals surface area contributed by atoms with Crippen LogP contribution in [0.3, 0.4) is 0 Å². The molecule has 3 N–H and O–H groups in total. The van der Waals surface area contributed by atoms with E-state index >= 15 is 4.39 Å². The summed E-state index contributed by atoms with van der Waals surface area (Å²) in [6.45, 7) is 8.62. The van der Waals surface area contributed by atoms with Crippen molar-refractivity contribution >= 4 is 109 Å². The van der Waals surface area contributed by atoms with E-state index < -0.39 is 17.7 Å². The number of nitrogens with zero attached hydrogens (tertiary/aromatic N) is 10. The van der Waals surface area contributed by atoms with Gasteiger partial charge in [0.25, 0.3) is 0 Å². The number of carboxylic acids is 1. The molecular formula is C123H88FIr2N10O4Pt2S2-3. The van der Waals surface area contributed by atoms with Crippen molar-refractivity contribution in [2.45, 2.75) is 46.4 Å². The van der Waals surface area contributed by atoms with Crippen LogP contribution in [0.2, 0.25) is 0 Å². The number of aryl methyl sites for hydroxylation is 2. The van der Waals surface area contributed by atoms with Crippen molar-refractivity contribution in [3.63, 3.8) is 0 Å². The Morgan fingerprint density at radius 2 is 0.896 bits per heavy atom. The minimum atomic E-state index is -1.85. The molecule has 0 spiro atoms. The van der Waals surface area contributed by atoms with Gasteiger partial charge in [-0.3, -0.25) is 29.9 Å². The third kappa shape index (κ3) is 25.7. The third-order valence-electron chi connectivity index (χ3n) is 22.8. The zero-order valence-corrected chi connectivity index (χ0v) is 89.1. The van der Waals surface area contributed by atoms with Gasteiger partial charge >= 0.3 is 48.1 Å². The molecule has 144 heavy (non-hydrogen) atoms. The number of aromatic carboxylic acids is 1. The molecule has 13 aromatic carbocycles. The molecule has 0 fully saturated rings. The predicted octanol–water partition coefficient (Wildman–Crippen LogP) is 30.5. The third-order valence-corrected chi connectivity index (χ3v) is 24.9. The van der Waals surface area contributed by atoms with Crippen LogP contribution in [0.15, 0.2) is 425 Å². The van der Waals surface area contributed by atoms with Crippen molar-refractivity contribution in [2.75, 3.05) is 4.90 Å². The van der Waals surface area contributed by atoms with Crippen LogP contribution in [0.4, 0.5) is 21.5 Å². The fraction of sp³-hybridized carbons (Fsp3) is 0.0569. The van der Waals surface area contributed by atoms with Gasteiger partial charge in [0.1, 0.15) is 5.69 Å². The molecule has 714 valence electrons. The number of halogens is 1. The summed E-state index contributed by atoms with van der Waals surface area (Å²) in [5.41, 5.74) is 20.1. The monoisotopic (exact) mass is 2630 g/mol. The average Bonchev–Trinajstić information content (AvgIpc) is 0.993. The first-order valence-corrected chi connectivity index (χ1v) is 47.0. The second-order valence-electron chi connectivity index (χ2n) is 32.9. The number of aliphatic hydroxyl groups excluding tert-OH is 2. The molecule has 23 rings (SSSR count). The van der Waals surface area contributed by atoms with Gasteiger partial charge in [0.2, 0.25) is 0 Å². The molecule has 23 aromatic rings. The first-order chi connectivity index (χ1) is 68.4. The van der Waals surface area contributed by atoms with Crippen LogP contribution in [-0.4, -0.2) is 72.2 Å². The number of benzene rings is 13. The minimum Gasteiger partial charge on any atom is -0.513 e.